The molecule has 0 aliphatic rings. The number of carbonyl (C=O) groups excluding carboxylic acids is 2. The normalized spacial score (nSPS) is 11.6. The van der Waals surface area contributed by atoms with Crippen molar-refractivity contribution < 1.29 is 23.1 Å². The maximum Gasteiger partial charge on any atom is 0.328 e. The molecule has 0 heterocycles. The SMILES string of the molecule is CCCCC(=O)N(Cc1ccc(-c2cc(-c3cc(F)cc(F)c3)ccc2C#N)cc1)[C@H](C(=O)OC)C(C)C. The summed E-state index contributed by atoms with van der Waals surface area (Å²) in [6.07, 6.45) is 1.93. The van der Waals surface area contributed by atoms with Crippen molar-refractivity contribution in [2.45, 2.75) is 52.6 Å². The first-order valence-electron chi connectivity index (χ1n) is 12.7. The van der Waals surface area contributed by atoms with Crippen LogP contribution in [0.5, 0.6) is 0 Å². The fraction of sp³-hybridized carbons (Fsp3) is 0.323. The van der Waals surface area contributed by atoms with Gasteiger partial charge in [-0.05, 0) is 58.9 Å². The summed E-state index contributed by atoms with van der Waals surface area (Å²) in [5.41, 5.74) is 3.53. The van der Waals surface area contributed by atoms with E-state index in [9.17, 15) is 23.6 Å². The number of hydrogen-bond donors (Lipinski definition) is 0. The fourth-order valence-electron chi connectivity index (χ4n) is 4.46. The van der Waals surface area contributed by atoms with Gasteiger partial charge in [0.05, 0.1) is 18.7 Å². The van der Waals surface area contributed by atoms with Crippen LogP contribution in [0.1, 0.15) is 51.2 Å². The van der Waals surface area contributed by atoms with Crippen LogP contribution in [-0.2, 0) is 20.9 Å². The van der Waals surface area contributed by atoms with E-state index in [2.05, 4.69) is 6.07 Å². The molecular formula is C31H32F2N2O3. The van der Waals surface area contributed by atoms with Crippen molar-refractivity contribution in [2.24, 2.45) is 5.92 Å². The van der Waals surface area contributed by atoms with Gasteiger partial charge in [-0.15, -0.1) is 0 Å². The van der Waals surface area contributed by atoms with Gasteiger partial charge in [-0.2, -0.15) is 5.26 Å². The first-order chi connectivity index (χ1) is 18.2. The Labute approximate surface area is 222 Å². The minimum atomic E-state index is -0.711. The van der Waals surface area contributed by atoms with Gasteiger partial charge in [0.15, 0.2) is 0 Å². The number of esters is 1. The van der Waals surface area contributed by atoms with Crippen LogP contribution in [0.2, 0.25) is 0 Å². The Morgan fingerprint density at radius 3 is 2.13 bits per heavy atom. The summed E-state index contributed by atoms with van der Waals surface area (Å²) in [4.78, 5) is 27.2. The molecule has 0 unspecified atom stereocenters. The van der Waals surface area contributed by atoms with E-state index < -0.39 is 23.6 Å². The standard InChI is InChI=1S/C31H32F2N2O3/c1-5-6-7-29(36)35(30(20(2)3)31(37)38-4)19-21-8-10-22(11-9-21)28-16-23(12-13-24(28)18-34)25-14-26(32)17-27(33)15-25/h8-17,20,30H,5-7,19H2,1-4H3/t30-/m0/s1. The summed E-state index contributed by atoms with van der Waals surface area (Å²) in [6, 6.07) is 17.1. The molecule has 0 spiro atoms. The van der Waals surface area contributed by atoms with E-state index in [-0.39, 0.29) is 18.4 Å². The average Bonchev–Trinajstić information content (AvgIpc) is 2.90. The Kier molecular flexibility index (Phi) is 9.72. The van der Waals surface area contributed by atoms with Crippen molar-refractivity contribution in [3.63, 3.8) is 0 Å². The number of carbonyl (C=O) groups is 2. The van der Waals surface area contributed by atoms with Gasteiger partial charge >= 0.3 is 5.97 Å². The van der Waals surface area contributed by atoms with Crippen LogP contribution in [-0.4, -0.2) is 29.9 Å². The summed E-state index contributed by atoms with van der Waals surface area (Å²) in [5.74, 6) is -2.06. The highest BCUT2D eigenvalue weighted by molar-refractivity contribution is 5.85. The lowest BCUT2D eigenvalue weighted by Gasteiger charge is -2.32. The predicted octanol–water partition coefficient (Wildman–Crippen LogP) is 6.89. The molecule has 3 aromatic rings. The summed E-state index contributed by atoms with van der Waals surface area (Å²) < 4.78 is 32.6. The molecule has 0 aromatic heterocycles. The van der Waals surface area contributed by atoms with Crippen LogP contribution in [0, 0.1) is 28.9 Å². The molecule has 0 radical (unpaired) electrons. The minimum absolute atomic E-state index is 0.109. The third-order valence-corrected chi connectivity index (χ3v) is 6.43. The highest BCUT2D eigenvalue weighted by Crippen LogP contribution is 2.31. The van der Waals surface area contributed by atoms with E-state index in [0.29, 0.717) is 28.7 Å². The number of hydrogen-bond acceptors (Lipinski definition) is 4. The van der Waals surface area contributed by atoms with E-state index in [4.69, 9.17) is 4.74 Å². The van der Waals surface area contributed by atoms with Gasteiger partial charge in [0, 0.05) is 24.6 Å². The van der Waals surface area contributed by atoms with Crippen LogP contribution < -0.4 is 0 Å². The van der Waals surface area contributed by atoms with E-state index in [1.54, 1.807) is 23.1 Å². The highest BCUT2D eigenvalue weighted by atomic mass is 19.1. The number of amides is 1. The Morgan fingerprint density at radius 2 is 1.58 bits per heavy atom. The minimum Gasteiger partial charge on any atom is -0.467 e. The number of unbranched alkanes of at least 4 members (excludes halogenated alkanes) is 1. The van der Waals surface area contributed by atoms with E-state index in [1.165, 1.54) is 19.2 Å². The molecule has 0 N–H and O–H groups in total. The Bertz CT molecular complexity index is 1310. The van der Waals surface area contributed by atoms with Crippen LogP contribution in [0.4, 0.5) is 8.78 Å². The Balaban J connectivity index is 1.95. The topological polar surface area (TPSA) is 70.4 Å². The zero-order chi connectivity index (χ0) is 27.8. The monoisotopic (exact) mass is 518 g/mol. The van der Waals surface area contributed by atoms with Crippen LogP contribution in [0.25, 0.3) is 22.3 Å². The molecule has 0 saturated carbocycles. The predicted molar refractivity (Wildman–Crippen MR) is 143 cm³/mol. The summed E-state index contributed by atoms with van der Waals surface area (Å²) in [6.45, 7) is 6.00. The van der Waals surface area contributed by atoms with Gasteiger partial charge < -0.3 is 9.64 Å². The lowest BCUT2D eigenvalue weighted by molar-refractivity contribution is -0.155. The quantitative estimate of drug-likeness (QED) is 0.274. The first-order valence-corrected chi connectivity index (χ1v) is 12.7. The van der Waals surface area contributed by atoms with E-state index in [1.807, 2.05) is 45.0 Å². The average molecular weight is 519 g/mol. The van der Waals surface area contributed by atoms with Gasteiger partial charge in [-0.3, -0.25) is 4.79 Å². The molecule has 38 heavy (non-hydrogen) atoms. The number of benzene rings is 3. The maximum atomic E-state index is 13.8. The number of ether oxygens (including phenoxy) is 1. The van der Waals surface area contributed by atoms with Crippen LogP contribution in [0.15, 0.2) is 60.7 Å². The van der Waals surface area contributed by atoms with Crippen molar-refractivity contribution in [2.75, 3.05) is 7.11 Å². The lowest BCUT2D eigenvalue weighted by Crippen LogP contribution is -2.48. The largest absolute Gasteiger partial charge is 0.467 e. The summed E-state index contributed by atoms with van der Waals surface area (Å²) in [5, 5.41) is 9.67. The Morgan fingerprint density at radius 1 is 0.947 bits per heavy atom. The zero-order valence-electron chi connectivity index (χ0n) is 22.1. The van der Waals surface area contributed by atoms with Crippen LogP contribution in [0.3, 0.4) is 0 Å². The van der Waals surface area contributed by atoms with Crippen molar-refractivity contribution >= 4 is 11.9 Å². The number of rotatable bonds is 10. The second kappa shape index (κ2) is 13.0. The van der Waals surface area contributed by atoms with Crippen molar-refractivity contribution in [1.82, 2.24) is 4.90 Å². The lowest BCUT2D eigenvalue weighted by atomic mass is 9.94. The van der Waals surface area contributed by atoms with Crippen molar-refractivity contribution in [1.29, 1.82) is 5.26 Å². The fourth-order valence-corrected chi connectivity index (χ4v) is 4.46. The van der Waals surface area contributed by atoms with E-state index in [0.717, 1.165) is 30.0 Å². The first kappa shape index (κ1) is 28.5. The molecule has 0 bridgehead atoms. The number of nitrogens with zero attached hydrogens (tertiary/aromatic N) is 2. The van der Waals surface area contributed by atoms with Gasteiger partial charge in [-0.25, -0.2) is 13.6 Å². The third kappa shape index (κ3) is 6.83. The second-order valence-electron chi connectivity index (χ2n) is 9.56. The van der Waals surface area contributed by atoms with Crippen LogP contribution >= 0.6 is 0 Å². The number of methoxy groups -OCH3 is 1. The van der Waals surface area contributed by atoms with Gasteiger partial charge in [0.25, 0.3) is 0 Å². The molecule has 3 rings (SSSR count). The van der Waals surface area contributed by atoms with Gasteiger partial charge in [0.1, 0.15) is 17.7 Å². The molecule has 7 heteroatoms. The molecule has 5 nitrogen and oxygen atoms in total. The number of nitriles is 1. The third-order valence-electron chi connectivity index (χ3n) is 6.43. The van der Waals surface area contributed by atoms with Gasteiger partial charge in [-0.1, -0.05) is 57.5 Å². The molecular weight excluding hydrogens is 486 g/mol. The van der Waals surface area contributed by atoms with Gasteiger partial charge in [0.2, 0.25) is 5.91 Å². The summed E-state index contributed by atoms with van der Waals surface area (Å²) >= 11 is 0. The van der Waals surface area contributed by atoms with E-state index >= 15 is 0 Å². The Hall–Kier alpha value is -4.05. The smallest absolute Gasteiger partial charge is 0.328 e. The van der Waals surface area contributed by atoms with Crippen molar-refractivity contribution in [3.8, 4) is 28.3 Å². The molecule has 3 aromatic carbocycles. The summed E-state index contributed by atoms with van der Waals surface area (Å²) in [7, 11) is 1.32. The molecule has 198 valence electrons. The molecule has 0 aliphatic heterocycles. The molecule has 1 amide bonds. The van der Waals surface area contributed by atoms with Crippen molar-refractivity contribution in [3.05, 3.63) is 83.4 Å². The second-order valence-corrected chi connectivity index (χ2v) is 9.56. The highest BCUT2D eigenvalue weighted by Gasteiger charge is 2.33. The molecule has 0 saturated heterocycles. The molecule has 0 aliphatic carbocycles. The number of halogens is 2. The molecule has 0 fully saturated rings. The zero-order valence-corrected chi connectivity index (χ0v) is 22.1. The molecule has 1 atom stereocenters. The maximum absolute atomic E-state index is 13.8.